The van der Waals surface area contributed by atoms with E-state index in [1.165, 1.54) is 6.07 Å². The van der Waals surface area contributed by atoms with Crippen molar-refractivity contribution in [3.05, 3.63) is 103 Å². The Hall–Kier alpha value is -5.24. The molecule has 1 unspecified atom stereocenters. The van der Waals surface area contributed by atoms with Crippen molar-refractivity contribution in [3.63, 3.8) is 0 Å². The summed E-state index contributed by atoms with van der Waals surface area (Å²) < 4.78 is 14.6. The Morgan fingerprint density at radius 2 is 1.70 bits per heavy atom. The van der Waals surface area contributed by atoms with Gasteiger partial charge >= 0.3 is 0 Å². The van der Waals surface area contributed by atoms with Crippen LogP contribution in [0, 0.1) is 0 Å². The Labute approximate surface area is 265 Å². The number of hydrogen-bond donors (Lipinski definition) is 3. The molecule has 0 bridgehead atoms. The summed E-state index contributed by atoms with van der Waals surface area (Å²) >= 11 is 0. The van der Waals surface area contributed by atoms with Crippen LogP contribution in [0.3, 0.4) is 0 Å². The molecule has 8 nitrogen and oxygen atoms in total. The number of phenols is 2. The number of rotatable bonds is 4. The van der Waals surface area contributed by atoms with Crippen LogP contribution in [0.15, 0.2) is 75.8 Å². The summed E-state index contributed by atoms with van der Waals surface area (Å²) in [6.07, 6.45) is 2.93. The SMILES string of the molecule is COc1c(C2CC(C)(C)Oc3cc(O)c4c(=O)c5ccccc5[nH]c4c32)c(O)c2c(=O)c3ccccc3n(C)c2c1CC=C(C)C. The molecule has 0 saturated carbocycles. The summed E-state index contributed by atoms with van der Waals surface area (Å²) in [7, 11) is 3.47. The molecule has 2 aromatic heterocycles. The summed E-state index contributed by atoms with van der Waals surface area (Å²) in [5, 5.41) is 24.8. The van der Waals surface area contributed by atoms with Crippen molar-refractivity contribution in [2.45, 2.75) is 52.1 Å². The van der Waals surface area contributed by atoms with Gasteiger partial charge in [0.15, 0.2) is 0 Å². The average molecular weight is 617 g/mol. The Morgan fingerprint density at radius 3 is 2.41 bits per heavy atom. The summed E-state index contributed by atoms with van der Waals surface area (Å²) in [5.41, 5.74) is 3.95. The molecule has 7 rings (SSSR count). The van der Waals surface area contributed by atoms with Gasteiger partial charge in [0.25, 0.3) is 0 Å². The molecule has 3 heterocycles. The van der Waals surface area contributed by atoms with Gasteiger partial charge in [-0.25, -0.2) is 0 Å². The van der Waals surface area contributed by atoms with E-state index in [4.69, 9.17) is 9.47 Å². The second-order valence-electron chi connectivity index (χ2n) is 13.1. The van der Waals surface area contributed by atoms with Gasteiger partial charge in [0.05, 0.1) is 34.4 Å². The molecule has 234 valence electrons. The van der Waals surface area contributed by atoms with Crippen molar-refractivity contribution in [2.75, 3.05) is 7.11 Å². The van der Waals surface area contributed by atoms with Gasteiger partial charge in [-0.3, -0.25) is 9.59 Å². The number of nitrogens with one attached hydrogen (secondary N) is 1. The lowest BCUT2D eigenvalue weighted by atomic mass is 9.77. The number of aromatic hydroxyl groups is 2. The van der Waals surface area contributed by atoms with Gasteiger partial charge in [0, 0.05) is 52.0 Å². The van der Waals surface area contributed by atoms with E-state index in [2.05, 4.69) is 11.1 Å². The number of H-pyrrole nitrogens is 1. The zero-order valence-electron chi connectivity index (χ0n) is 26.7. The molecule has 1 aliphatic heterocycles. The van der Waals surface area contributed by atoms with Crippen molar-refractivity contribution in [1.82, 2.24) is 9.55 Å². The fraction of sp³-hybridized carbons (Fsp3) is 0.263. The Morgan fingerprint density at radius 1 is 1.02 bits per heavy atom. The number of phenolic OH excluding ortho intramolecular Hbond substituents is 2. The molecule has 0 spiro atoms. The van der Waals surface area contributed by atoms with E-state index in [0.29, 0.717) is 62.8 Å². The number of benzene rings is 4. The Kier molecular flexibility index (Phi) is 6.67. The number of aromatic amines is 1. The van der Waals surface area contributed by atoms with Crippen LogP contribution in [0.1, 0.15) is 56.7 Å². The highest BCUT2D eigenvalue weighted by atomic mass is 16.5. The maximum atomic E-state index is 14.3. The summed E-state index contributed by atoms with van der Waals surface area (Å²) in [6, 6.07) is 16.0. The minimum atomic E-state index is -0.740. The zero-order valence-corrected chi connectivity index (χ0v) is 26.7. The van der Waals surface area contributed by atoms with Gasteiger partial charge in [0.2, 0.25) is 10.9 Å². The molecule has 0 amide bonds. The number of hydrogen-bond acceptors (Lipinski definition) is 6. The lowest BCUT2D eigenvalue weighted by Gasteiger charge is -2.39. The number of aryl methyl sites for hydroxylation is 1. The molecule has 0 fully saturated rings. The number of ether oxygens (including phenoxy) is 2. The van der Waals surface area contributed by atoms with Crippen LogP contribution in [-0.2, 0) is 13.5 Å². The van der Waals surface area contributed by atoms with Crippen LogP contribution in [-0.4, -0.2) is 32.5 Å². The van der Waals surface area contributed by atoms with Crippen LogP contribution < -0.4 is 20.3 Å². The quantitative estimate of drug-likeness (QED) is 0.141. The number of methoxy groups -OCH3 is 1. The third-order valence-corrected chi connectivity index (χ3v) is 9.27. The van der Waals surface area contributed by atoms with Crippen molar-refractivity contribution in [2.24, 2.45) is 7.05 Å². The van der Waals surface area contributed by atoms with Crippen LogP contribution in [0.2, 0.25) is 0 Å². The number of fused-ring (bicyclic) bond motifs is 6. The minimum absolute atomic E-state index is 0.136. The summed E-state index contributed by atoms with van der Waals surface area (Å²) in [4.78, 5) is 31.5. The molecule has 8 heteroatoms. The predicted molar refractivity (Wildman–Crippen MR) is 183 cm³/mol. The molecule has 1 aliphatic rings. The van der Waals surface area contributed by atoms with Crippen molar-refractivity contribution < 1.29 is 19.7 Å². The summed E-state index contributed by atoms with van der Waals surface area (Å²) in [5.74, 6) is -0.102. The number of nitrogens with zero attached hydrogens (tertiary/aromatic N) is 1. The van der Waals surface area contributed by atoms with E-state index in [1.807, 2.05) is 69.6 Å². The maximum Gasteiger partial charge on any atom is 0.200 e. The molecular weight excluding hydrogens is 580 g/mol. The average Bonchev–Trinajstić information content (AvgIpc) is 3.01. The summed E-state index contributed by atoms with van der Waals surface area (Å²) in [6.45, 7) is 7.91. The molecule has 1 atom stereocenters. The Bertz CT molecular complexity index is 2410. The first-order chi connectivity index (χ1) is 21.9. The van der Waals surface area contributed by atoms with Crippen LogP contribution >= 0.6 is 0 Å². The van der Waals surface area contributed by atoms with E-state index < -0.39 is 11.5 Å². The highest BCUT2D eigenvalue weighted by Gasteiger charge is 2.41. The molecule has 0 saturated heterocycles. The predicted octanol–water partition coefficient (Wildman–Crippen LogP) is 7.31. The molecule has 3 N–H and O–H groups in total. The Balaban J connectivity index is 1.68. The van der Waals surface area contributed by atoms with Crippen LogP contribution in [0.4, 0.5) is 0 Å². The number of para-hydroxylation sites is 2. The van der Waals surface area contributed by atoms with E-state index >= 15 is 0 Å². The second kappa shape index (κ2) is 10.4. The fourth-order valence-corrected chi connectivity index (χ4v) is 7.31. The van der Waals surface area contributed by atoms with Crippen molar-refractivity contribution in [1.29, 1.82) is 0 Å². The third-order valence-electron chi connectivity index (χ3n) is 9.27. The number of pyridine rings is 2. The van der Waals surface area contributed by atoms with Gasteiger partial charge in [-0.05, 0) is 64.8 Å². The van der Waals surface area contributed by atoms with Crippen LogP contribution in [0.5, 0.6) is 23.0 Å². The standard InChI is InChI=1S/C38H36N2O6/c1-19(2)15-16-22-33-31(35(43)21-12-8-10-14-25(21)40(33)5)36(44)29(37(22)45-6)23-18-38(3,4)46-27-17-26(41)30-32(28(23)27)39-24-13-9-7-11-20(24)34(30)42/h7-15,17,23,41,44H,16,18H2,1-6H3,(H,39,42). The highest BCUT2D eigenvalue weighted by molar-refractivity contribution is 6.02. The smallest absolute Gasteiger partial charge is 0.200 e. The lowest BCUT2D eigenvalue weighted by molar-refractivity contribution is 0.0771. The van der Waals surface area contributed by atoms with E-state index in [1.54, 1.807) is 25.3 Å². The fourth-order valence-electron chi connectivity index (χ4n) is 7.31. The number of allylic oxidation sites excluding steroid dienone is 2. The molecule has 0 aliphatic carbocycles. The minimum Gasteiger partial charge on any atom is -0.507 e. The topological polar surface area (TPSA) is 114 Å². The van der Waals surface area contributed by atoms with Crippen molar-refractivity contribution >= 4 is 43.6 Å². The largest absolute Gasteiger partial charge is 0.507 e. The van der Waals surface area contributed by atoms with Gasteiger partial charge in [-0.2, -0.15) is 0 Å². The maximum absolute atomic E-state index is 14.3. The van der Waals surface area contributed by atoms with Gasteiger partial charge in [-0.15, -0.1) is 0 Å². The first-order valence-electron chi connectivity index (χ1n) is 15.4. The van der Waals surface area contributed by atoms with E-state index in [-0.39, 0.29) is 33.1 Å². The lowest BCUT2D eigenvalue weighted by Crippen LogP contribution is -2.35. The van der Waals surface area contributed by atoms with Gasteiger partial charge < -0.3 is 29.2 Å². The highest BCUT2D eigenvalue weighted by Crippen LogP contribution is 2.54. The second-order valence-corrected chi connectivity index (χ2v) is 13.1. The first-order valence-corrected chi connectivity index (χ1v) is 15.4. The molecule has 0 radical (unpaired) electrons. The van der Waals surface area contributed by atoms with Gasteiger partial charge in [0.1, 0.15) is 28.6 Å². The molecule has 4 aromatic carbocycles. The van der Waals surface area contributed by atoms with E-state index in [9.17, 15) is 19.8 Å². The molecule has 6 aromatic rings. The van der Waals surface area contributed by atoms with Gasteiger partial charge in [-0.1, -0.05) is 35.9 Å². The van der Waals surface area contributed by atoms with Crippen LogP contribution in [0.25, 0.3) is 43.6 Å². The first kappa shape index (κ1) is 29.5. The van der Waals surface area contributed by atoms with Crippen molar-refractivity contribution in [3.8, 4) is 23.0 Å². The number of aromatic nitrogens is 2. The van der Waals surface area contributed by atoms with E-state index in [0.717, 1.165) is 16.7 Å². The monoisotopic (exact) mass is 616 g/mol. The normalized spacial score (nSPS) is 15.7. The third kappa shape index (κ3) is 4.27. The molecular formula is C38H36N2O6. The zero-order chi connectivity index (χ0) is 32.7. The molecule has 46 heavy (non-hydrogen) atoms.